The van der Waals surface area contributed by atoms with Gasteiger partial charge in [-0.15, -0.1) is 0 Å². The number of urea groups is 1. The first-order chi connectivity index (χ1) is 19.3. The Balaban J connectivity index is 1.30. The van der Waals surface area contributed by atoms with Gasteiger partial charge in [0.2, 0.25) is 11.7 Å². The molecule has 0 saturated carbocycles. The largest absolute Gasteiger partial charge is 0.492 e. The predicted octanol–water partition coefficient (Wildman–Crippen LogP) is -2.19. The van der Waals surface area contributed by atoms with Crippen molar-refractivity contribution in [2.75, 3.05) is 32.8 Å². The number of carbonyl (C=O) groups excluding carboxylic acids is 3. The number of aliphatic imine (C=N–C) groups is 2. The maximum atomic E-state index is 13.6. The van der Waals surface area contributed by atoms with E-state index in [1.165, 1.54) is 9.80 Å². The van der Waals surface area contributed by atoms with E-state index in [0.717, 1.165) is 16.9 Å². The number of ether oxygens (including phenoxy) is 1. The summed E-state index contributed by atoms with van der Waals surface area (Å²) in [5, 5.41) is 29.1. The van der Waals surface area contributed by atoms with E-state index in [-0.39, 0.29) is 42.5 Å². The van der Waals surface area contributed by atoms with Gasteiger partial charge in [0.25, 0.3) is 5.91 Å². The van der Waals surface area contributed by atoms with Crippen molar-refractivity contribution in [3.63, 3.8) is 0 Å². The molecule has 4 atom stereocenters. The maximum Gasteiger partial charge on any atom is 0.327 e. The Labute approximate surface area is 236 Å². The van der Waals surface area contributed by atoms with E-state index >= 15 is 0 Å². The van der Waals surface area contributed by atoms with E-state index in [1.54, 1.807) is 19.1 Å². The van der Waals surface area contributed by atoms with Gasteiger partial charge in [0.1, 0.15) is 24.4 Å². The number of nitrogens with two attached hydrogens (primary N) is 2. The number of hydrogen-bond acceptors (Lipinski definition) is 12. The van der Waals surface area contributed by atoms with Gasteiger partial charge in [-0.3, -0.25) is 14.5 Å². The molecule has 4 amide bonds. The van der Waals surface area contributed by atoms with Crippen LogP contribution in [-0.4, -0.2) is 117 Å². The van der Waals surface area contributed by atoms with E-state index < -0.39 is 47.4 Å². The molecule has 15 nitrogen and oxygen atoms in total. The van der Waals surface area contributed by atoms with Crippen molar-refractivity contribution in [2.24, 2.45) is 21.5 Å². The van der Waals surface area contributed by atoms with Crippen LogP contribution < -0.4 is 26.8 Å². The van der Waals surface area contributed by atoms with Crippen LogP contribution >= 0.6 is 0 Å². The van der Waals surface area contributed by atoms with Crippen LogP contribution in [0.25, 0.3) is 0 Å². The molecule has 41 heavy (non-hydrogen) atoms. The zero-order valence-electron chi connectivity index (χ0n) is 23.1. The van der Waals surface area contributed by atoms with E-state index in [1.807, 2.05) is 6.07 Å². The van der Waals surface area contributed by atoms with Crippen molar-refractivity contribution >= 4 is 29.8 Å². The second-order valence-electron chi connectivity index (χ2n) is 11.7. The number of likely N-dealkylation sites (N-methyl/N-ethyl adjacent to an activating group) is 1. The van der Waals surface area contributed by atoms with Crippen LogP contribution in [0.15, 0.2) is 28.2 Å². The third-order valence-corrected chi connectivity index (χ3v) is 8.95. The number of amides is 4. The molecule has 0 aromatic heterocycles. The highest BCUT2D eigenvalue weighted by atomic mass is 16.5. The first-order valence-corrected chi connectivity index (χ1v) is 13.7. The summed E-state index contributed by atoms with van der Waals surface area (Å²) in [7, 11) is 0. The summed E-state index contributed by atoms with van der Waals surface area (Å²) in [6.45, 7) is 6.34. The SMILES string of the molecule is CCN1CC(=O)N(C[C@@H]2N=C(N)N3CC(NC(=O)c4cccc5c4OCCC5(C)C)C(O)(O)C34NC(N)=NC24)C1=O. The molecule has 5 aliphatic rings. The van der Waals surface area contributed by atoms with Gasteiger partial charge in [0, 0.05) is 18.7 Å². The Kier molecular flexibility index (Phi) is 5.91. The Bertz CT molecular complexity index is 1390. The molecule has 3 unspecified atom stereocenters. The monoisotopic (exact) mass is 569 g/mol. The summed E-state index contributed by atoms with van der Waals surface area (Å²) < 4.78 is 5.89. The summed E-state index contributed by atoms with van der Waals surface area (Å²) in [6, 6.07) is 1.58. The molecule has 0 radical (unpaired) electrons. The van der Waals surface area contributed by atoms with Gasteiger partial charge in [0.15, 0.2) is 17.6 Å². The lowest BCUT2D eigenvalue weighted by Gasteiger charge is -2.49. The van der Waals surface area contributed by atoms with Crippen LogP contribution in [0.1, 0.15) is 43.1 Å². The first kappa shape index (κ1) is 27.1. The Morgan fingerprint density at radius 1 is 1.24 bits per heavy atom. The number of nitrogens with one attached hydrogen (secondary N) is 2. The number of nitrogens with zero attached hydrogens (tertiary/aromatic N) is 5. The quantitative estimate of drug-likeness (QED) is 0.166. The van der Waals surface area contributed by atoms with Gasteiger partial charge in [0.05, 0.1) is 24.8 Å². The van der Waals surface area contributed by atoms with Crippen LogP contribution in [0.3, 0.4) is 0 Å². The first-order valence-electron chi connectivity index (χ1n) is 13.7. The topological polar surface area (TPSA) is 211 Å². The zero-order chi connectivity index (χ0) is 29.5. The fourth-order valence-electron chi connectivity index (χ4n) is 6.63. The van der Waals surface area contributed by atoms with Crippen LogP contribution in [0.5, 0.6) is 5.75 Å². The number of rotatable bonds is 5. The van der Waals surface area contributed by atoms with Crippen molar-refractivity contribution in [1.82, 2.24) is 25.3 Å². The smallest absolute Gasteiger partial charge is 0.327 e. The molecule has 1 spiro atoms. The highest BCUT2D eigenvalue weighted by Crippen LogP contribution is 2.45. The normalized spacial score (nSPS) is 31.0. The van der Waals surface area contributed by atoms with Gasteiger partial charge in [-0.1, -0.05) is 26.0 Å². The van der Waals surface area contributed by atoms with E-state index in [0.29, 0.717) is 18.9 Å². The molecule has 8 N–H and O–H groups in total. The molecule has 6 rings (SSSR count). The minimum Gasteiger partial charge on any atom is -0.492 e. The maximum absolute atomic E-state index is 13.6. The number of aliphatic hydroxyl groups is 2. The molecule has 2 fully saturated rings. The zero-order valence-corrected chi connectivity index (χ0v) is 23.1. The minimum absolute atomic E-state index is 0.0605. The van der Waals surface area contributed by atoms with Gasteiger partial charge >= 0.3 is 6.03 Å². The summed E-state index contributed by atoms with van der Waals surface area (Å²) in [6.07, 6.45) is 0.793. The van der Waals surface area contributed by atoms with Crippen LogP contribution in [0.4, 0.5) is 4.79 Å². The Morgan fingerprint density at radius 2 is 2.00 bits per heavy atom. The second-order valence-corrected chi connectivity index (χ2v) is 11.7. The van der Waals surface area contributed by atoms with Crippen molar-refractivity contribution in [3.8, 4) is 5.75 Å². The highest BCUT2D eigenvalue weighted by molar-refractivity contribution is 6.02. The van der Waals surface area contributed by atoms with Crippen LogP contribution in [0.2, 0.25) is 0 Å². The Morgan fingerprint density at radius 3 is 2.71 bits per heavy atom. The number of hydrogen-bond donors (Lipinski definition) is 6. The van der Waals surface area contributed by atoms with E-state index in [9.17, 15) is 24.6 Å². The fourth-order valence-corrected chi connectivity index (χ4v) is 6.63. The molecule has 1 aromatic carbocycles. The van der Waals surface area contributed by atoms with Gasteiger partial charge < -0.3 is 46.9 Å². The second kappa shape index (κ2) is 8.94. The lowest BCUT2D eigenvalue weighted by atomic mass is 9.79. The van der Waals surface area contributed by atoms with Crippen LogP contribution in [0, 0.1) is 0 Å². The molecule has 2 saturated heterocycles. The third-order valence-electron chi connectivity index (χ3n) is 8.95. The van der Waals surface area contributed by atoms with Crippen LogP contribution in [-0.2, 0) is 10.2 Å². The number of benzene rings is 1. The number of fused-ring (bicyclic) bond motifs is 1. The molecule has 5 heterocycles. The molecule has 0 bridgehead atoms. The van der Waals surface area contributed by atoms with E-state index in [4.69, 9.17) is 16.2 Å². The lowest BCUT2D eigenvalue weighted by Crippen LogP contribution is -2.78. The van der Waals surface area contributed by atoms with Crippen molar-refractivity contribution in [1.29, 1.82) is 0 Å². The summed E-state index contributed by atoms with van der Waals surface area (Å²) >= 11 is 0. The molecule has 1 aromatic rings. The summed E-state index contributed by atoms with van der Waals surface area (Å²) in [5.74, 6) is -3.35. The molecule has 220 valence electrons. The summed E-state index contributed by atoms with van der Waals surface area (Å²) in [4.78, 5) is 51.7. The van der Waals surface area contributed by atoms with Gasteiger partial charge in [-0.05, 0) is 24.8 Å². The molecular formula is C26H35N9O6. The number of para-hydroxylation sites is 1. The van der Waals surface area contributed by atoms with Crippen molar-refractivity contribution in [2.45, 2.75) is 62.2 Å². The highest BCUT2D eigenvalue weighted by Gasteiger charge is 2.73. The number of guanidine groups is 2. The molecular weight excluding hydrogens is 534 g/mol. The molecule has 5 aliphatic heterocycles. The lowest BCUT2D eigenvalue weighted by molar-refractivity contribution is -0.230. The average Bonchev–Trinajstić information content (AvgIpc) is 3.49. The summed E-state index contributed by atoms with van der Waals surface area (Å²) in [5.41, 5.74) is 11.5. The van der Waals surface area contributed by atoms with Gasteiger partial charge in [-0.25, -0.2) is 14.8 Å². The standard InChI is InChI=1S/C26H35N9O6/c1-4-33-12-17(36)34(23(33)38)10-15-19-25(32-21(27)31-19)26(39,40)16(11-35(25)22(28)29-15)30-20(37)13-6-5-7-14-18(13)41-9-8-24(14,2)3/h5-7,15-16,19,39-40H,4,8-12H2,1-3H3,(H2,28,29)(H,30,37)(H3,27,31,32)/t15-,16?,19?,25?/m0/s1. The Hall–Kier alpha value is -4.11. The predicted molar refractivity (Wildman–Crippen MR) is 146 cm³/mol. The van der Waals surface area contributed by atoms with Crippen molar-refractivity contribution < 1.29 is 29.3 Å². The van der Waals surface area contributed by atoms with E-state index in [2.05, 4.69) is 34.5 Å². The minimum atomic E-state index is -2.67. The molecule has 15 heteroatoms. The van der Waals surface area contributed by atoms with Crippen molar-refractivity contribution in [3.05, 3.63) is 29.3 Å². The third kappa shape index (κ3) is 3.75. The van der Waals surface area contributed by atoms with Gasteiger partial charge in [-0.2, -0.15) is 0 Å². The molecule has 0 aliphatic carbocycles. The average molecular weight is 570 g/mol. The number of carbonyl (C=O) groups is 3. The number of imide groups is 1. The fraction of sp³-hybridized carbons (Fsp3) is 0.577.